The van der Waals surface area contributed by atoms with Crippen molar-refractivity contribution in [2.24, 2.45) is 0 Å². The Bertz CT molecular complexity index is 1550. The van der Waals surface area contributed by atoms with E-state index in [1.807, 2.05) is 42.5 Å². The Morgan fingerprint density at radius 2 is 1.55 bits per heavy atom. The lowest BCUT2D eigenvalue weighted by Gasteiger charge is -2.04. The van der Waals surface area contributed by atoms with E-state index in [-0.39, 0.29) is 5.82 Å². The van der Waals surface area contributed by atoms with E-state index in [0.29, 0.717) is 5.56 Å². The van der Waals surface area contributed by atoms with Gasteiger partial charge < -0.3 is 4.98 Å². The number of hydrogen-bond acceptors (Lipinski definition) is 3. The normalized spacial score (nSPS) is 11.4. The summed E-state index contributed by atoms with van der Waals surface area (Å²) in [6.07, 6.45) is 5.10. The predicted molar refractivity (Wildman–Crippen MR) is 120 cm³/mol. The molecule has 3 aromatic heterocycles. The first-order chi connectivity index (χ1) is 15.3. The van der Waals surface area contributed by atoms with Gasteiger partial charge in [-0.15, -0.1) is 0 Å². The van der Waals surface area contributed by atoms with Gasteiger partial charge >= 0.3 is 0 Å². The third-order valence-corrected chi connectivity index (χ3v) is 5.54. The van der Waals surface area contributed by atoms with Crippen molar-refractivity contribution in [3.8, 4) is 33.6 Å². The molecule has 0 aliphatic carbocycles. The summed E-state index contributed by atoms with van der Waals surface area (Å²) in [6.45, 7) is 0. The van der Waals surface area contributed by atoms with E-state index in [0.717, 1.165) is 49.9 Å². The molecule has 6 heteroatoms. The smallest absolute Gasteiger partial charge is 0.131 e. The summed E-state index contributed by atoms with van der Waals surface area (Å²) in [4.78, 5) is 11.7. The molecule has 6 aromatic rings. The zero-order chi connectivity index (χ0) is 20.8. The van der Waals surface area contributed by atoms with Crippen molar-refractivity contribution in [3.05, 3.63) is 91.3 Å². The van der Waals surface area contributed by atoms with Gasteiger partial charge in [-0.05, 0) is 41.5 Å². The number of H-pyrrole nitrogens is 2. The summed E-state index contributed by atoms with van der Waals surface area (Å²) in [5, 5.41) is 9.59. The molecule has 0 spiro atoms. The molecule has 0 radical (unpaired) electrons. The van der Waals surface area contributed by atoms with Crippen LogP contribution in [-0.2, 0) is 0 Å². The van der Waals surface area contributed by atoms with Crippen LogP contribution in [0.1, 0.15) is 0 Å². The lowest BCUT2D eigenvalue weighted by molar-refractivity contribution is 0.631. The first-order valence-electron chi connectivity index (χ1n) is 9.88. The first-order valence-corrected chi connectivity index (χ1v) is 9.88. The largest absolute Gasteiger partial charge is 0.353 e. The Morgan fingerprint density at radius 3 is 2.42 bits per heavy atom. The first kappa shape index (κ1) is 17.5. The standard InChI is InChI=1S/C25H16FN5/c26-21-6-2-1-4-18(21)17-5-3-7-22-19(17)11-24(29-22)25-20-10-15(8-9-23(20)30-31-25)16-12-27-14-28-13-16/h1-14,29H,(H,30,31). The molecule has 0 saturated carbocycles. The molecule has 0 aliphatic rings. The second-order valence-electron chi connectivity index (χ2n) is 7.39. The molecule has 0 bridgehead atoms. The summed E-state index contributed by atoms with van der Waals surface area (Å²) in [5.41, 5.74) is 6.92. The number of fused-ring (bicyclic) bond motifs is 2. The number of hydrogen-bond donors (Lipinski definition) is 2. The fourth-order valence-electron chi connectivity index (χ4n) is 4.04. The lowest BCUT2D eigenvalue weighted by atomic mass is 10.0. The molecule has 0 atom stereocenters. The number of halogens is 1. The minimum absolute atomic E-state index is 0.238. The number of rotatable bonds is 3. The molecule has 0 fully saturated rings. The van der Waals surface area contributed by atoms with Crippen molar-refractivity contribution in [3.63, 3.8) is 0 Å². The number of aromatic nitrogens is 5. The predicted octanol–water partition coefficient (Wildman–Crippen LogP) is 5.97. The summed E-state index contributed by atoms with van der Waals surface area (Å²) in [5.74, 6) is -0.238. The average molecular weight is 405 g/mol. The molecule has 148 valence electrons. The summed E-state index contributed by atoms with van der Waals surface area (Å²) < 4.78 is 14.5. The zero-order valence-corrected chi connectivity index (χ0v) is 16.3. The monoisotopic (exact) mass is 405 g/mol. The van der Waals surface area contributed by atoms with Crippen LogP contribution in [0.15, 0.2) is 85.5 Å². The summed E-state index contributed by atoms with van der Waals surface area (Å²) in [7, 11) is 0. The summed E-state index contributed by atoms with van der Waals surface area (Å²) >= 11 is 0. The highest BCUT2D eigenvalue weighted by molar-refractivity contribution is 6.01. The average Bonchev–Trinajstić information content (AvgIpc) is 3.43. The Balaban J connectivity index is 1.53. The molecule has 3 aromatic carbocycles. The van der Waals surface area contributed by atoms with Crippen LogP contribution >= 0.6 is 0 Å². The Morgan fingerprint density at radius 1 is 0.710 bits per heavy atom. The number of aromatic amines is 2. The van der Waals surface area contributed by atoms with Crippen molar-refractivity contribution in [2.45, 2.75) is 0 Å². The fraction of sp³-hybridized carbons (Fsp3) is 0. The van der Waals surface area contributed by atoms with Gasteiger partial charge in [-0.3, -0.25) is 5.10 Å². The Labute approximate surface area is 176 Å². The van der Waals surface area contributed by atoms with Gasteiger partial charge in [0.2, 0.25) is 0 Å². The summed E-state index contributed by atoms with van der Waals surface area (Å²) in [6, 6.07) is 20.8. The fourth-order valence-corrected chi connectivity index (χ4v) is 4.04. The Kier molecular flexibility index (Phi) is 3.89. The highest BCUT2D eigenvalue weighted by Gasteiger charge is 2.15. The molecule has 0 saturated heterocycles. The quantitative estimate of drug-likeness (QED) is 0.381. The van der Waals surface area contributed by atoms with E-state index in [1.54, 1.807) is 24.5 Å². The maximum Gasteiger partial charge on any atom is 0.131 e. The van der Waals surface area contributed by atoms with Gasteiger partial charge in [0.05, 0.1) is 11.2 Å². The number of nitrogens with zero attached hydrogens (tertiary/aromatic N) is 3. The van der Waals surface area contributed by atoms with E-state index >= 15 is 0 Å². The van der Waals surface area contributed by atoms with Crippen LogP contribution in [0.3, 0.4) is 0 Å². The van der Waals surface area contributed by atoms with Gasteiger partial charge in [-0.1, -0.05) is 36.4 Å². The van der Waals surface area contributed by atoms with Gasteiger partial charge in [0, 0.05) is 39.8 Å². The van der Waals surface area contributed by atoms with Gasteiger partial charge in [0.25, 0.3) is 0 Å². The molecular weight excluding hydrogens is 389 g/mol. The zero-order valence-electron chi connectivity index (χ0n) is 16.3. The van der Waals surface area contributed by atoms with Crippen LogP contribution in [-0.4, -0.2) is 25.1 Å². The molecule has 0 unspecified atom stereocenters. The molecule has 2 N–H and O–H groups in total. The molecule has 6 rings (SSSR count). The van der Waals surface area contributed by atoms with Gasteiger partial charge in [0.1, 0.15) is 17.8 Å². The lowest BCUT2D eigenvalue weighted by Crippen LogP contribution is -1.83. The maximum absolute atomic E-state index is 14.5. The second-order valence-corrected chi connectivity index (χ2v) is 7.39. The van der Waals surface area contributed by atoms with Crippen molar-refractivity contribution in [1.29, 1.82) is 0 Å². The van der Waals surface area contributed by atoms with Crippen LogP contribution in [0.2, 0.25) is 0 Å². The van der Waals surface area contributed by atoms with Crippen molar-refractivity contribution >= 4 is 21.8 Å². The van der Waals surface area contributed by atoms with Crippen LogP contribution in [0.4, 0.5) is 4.39 Å². The molecule has 31 heavy (non-hydrogen) atoms. The van der Waals surface area contributed by atoms with Gasteiger partial charge in [-0.2, -0.15) is 5.10 Å². The maximum atomic E-state index is 14.5. The van der Waals surface area contributed by atoms with Crippen molar-refractivity contribution in [2.75, 3.05) is 0 Å². The van der Waals surface area contributed by atoms with Crippen molar-refractivity contribution < 1.29 is 4.39 Å². The molecule has 0 amide bonds. The number of benzene rings is 3. The molecule has 3 heterocycles. The third kappa shape index (κ3) is 2.88. The van der Waals surface area contributed by atoms with Crippen LogP contribution in [0.25, 0.3) is 55.4 Å². The van der Waals surface area contributed by atoms with E-state index in [1.165, 1.54) is 12.4 Å². The van der Waals surface area contributed by atoms with E-state index in [9.17, 15) is 4.39 Å². The highest BCUT2D eigenvalue weighted by Crippen LogP contribution is 2.35. The highest BCUT2D eigenvalue weighted by atomic mass is 19.1. The molecule has 0 aliphatic heterocycles. The minimum atomic E-state index is -0.238. The SMILES string of the molecule is Fc1ccccc1-c1cccc2[nH]c(-c3n[nH]c4ccc(-c5cncnc5)cc34)cc12. The van der Waals surface area contributed by atoms with Crippen molar-refractivity contribution in [1.82, 2.24) is 25.1 Å². The number of nitrogens with one attached hydrogen (secondary N) is 2. The van der Waals surface area contributed by atoms with Crippen LogP contribution in [0, 0.1) is 5.82 Å². The molecular formula is C25H16FN5. The Hall–Kier alpha value is -4.32. The van der Waals surface area contributed by atoms with Gasteiger partial charge in [0.15, 0.2) is 0 Å². The van der Waals surface area contributed by atoms with E-state index in [2.05, 4.69) is 31.2 Å². The minimum Gasteiger partial charge on any atom is -0.353 e. The second kappa shape index (κ2) is 6.88. The molecule has 5 nitrogen and oxygen atoms in total. The van der Waals surface area contributed by atoms with E-state index < -0.39 is 0 Å². The van der Waals surface area contributed by atoms with Crippen LogP contribution in [0.5, 0.6) is 0 Å². The van der Waals surface area contributed by atoms with Gasteiger partial charge in [-0.25, -0.2) is 14.4 Å². The van der Waals surface area contributed by atoms with Crippen LogP contribution < -0.4 is 0 Å². The topological polar surface area (TPSA) is 70.2 Å². The van der Waals surface area contributed by atoms with E-state index in [4.69, 9.17) is 0 Å². The third-order valence-electron chi connectivity index (χ3n) is 5.54.